The summed E-state index contributed by atoms with van der Waals surface area (Å²) in [6.07, 6.45) is 5.73. The molecule has 1 aromatic heterocycles. The Labute approximate surface area is 172 Å². The molecular weight excluding hydrogens is 396 g/mol. The number of tetrazole rings is 1. The molecule has 1 fully saturated rings. The first-order chi connectivity index (χ1) is 14.5. The molecule has 30 heavy (non-hydrogen) atoms. The third-order valence-corrected chi connectivity index (χ3v) is 4.69. The van der Waals surface area contributed by atoms with E-state index >= 15 is 0 Å². The zero-order valence-electron chi connectivity index (χ0n) is 16.2. The summed E-state index contributed by atoms with van der Waals surface area (Å²) in [5.74, 6) is -2.81. The minimum Gasteiger partial charge on any atom is -0.447 e. The molecule has 0 spiro atoms. The van der Waals surface area contributed by atoms with Crippen molar-refractivity contribution in [1.82, 2.24) is 25.5 Å². The molecule has 2 heterocycles. The first-order valence-electron chi connectivity index (χ1n) is 9.59. The van der Waals surface area contributed by atoms with E-state index in [2.05, 4.69) is 20.6 Å². The van der Waals surface area contributed by atoms with Crippen LogP contribution in [0.1, 0.15) is 24.2 Å². The lowest BCUT2D eigenvalue weighted by atomic mass is 10.0. The largest absolute Gasteiger partial charge is 0.447 e. The average Bonchev–Trinajstić information content (AvgIpc) is 3.39. The molecule has 1 aromatic carbocycles. The van der Waals surface area contributed by atoms with Gasteiger partial charge < -0.3 is 9.84 Å². The molecule has 0 saturated carbocycles. The van der Waals surface area contributed by atoms with Gasteiger partial charge in [0.25, 0.3) is 0 Å². The van der Waals surface area contributed by atoms with Crippen molar-refractivity contribution in [2.24, 2.45) is 0 Å². The van der Waals surface area contributed by atoms with Gasteiger partial charge >= 0.3 is 12.0 Å². The van der Waals surface area contributed by atoms with E-state index in [9.17, 15) is 18.7 Å². The SMILES string of the molecule is O=C1OCC(C=CC(O)C(F)(F)c2ccccc2)N1CCC=CCCc1nn[nH]n1. The molecule has 10 heteroatoms. The number of benzene rings is 1. The van der Waals surface area contributed by atoms with Crippen molar-refractivity contribution in [1.29, 1.82) is 0 Å². The van der Waals surface area contributed by atoms with Gasteiger partial charge in [-0.2, -0.15) is 14.0 Å². The lowest BCUT2D eigenvalue weighted by molar-refractivity contribution is -0.0929. The maximum atomic E-state index is 14.4. The van der Waals surface area contributed by atoms with Crippen LogP contribution in [0.3, 0.4) is 0 Å². The van der Waals surface area contributed by atoms with Crippen molar-refractivity contribution in [2.45, 2.75) is 37.3 Å². The number of cyclic esters (lactones) is 1. The van der Waals surface area contributed by atoms with Crippen LogP contribution >= 0.6 is 0 Å². The fourth-order valence-corrected chi connectivity index (χ4v) is 3.02. The van der Waals surface area contributed by atoms with Crippen LogP contribution in [0.5, 0.6) is 0 Å². The van der Waals surface area contributed by atoms with Gasteiger partial charge in [-0.3, -0.25) is 4.90 Å². The van der Waals surface area contributed by atoms with Crippen LogP contribution in [-0.4, -0.2) is 62.0 Å². The van der Waals surface area contributed by atoms with Crippen molar-refractivity contribution in [3.8, 4) is 0 Å². The number of H-pyrrole nitrogens is 1. The van der Waals surface area contributed by atoms with E-state index in [0.717, 1.165) is 12.5 Å². The second-order valence-corrected chi connectivity index (χ2v) is 6.78. The van der Waals surface area contributed by atoms with E-state index in [-0.39, 0.29) is 12.2 Å². The molecule has 0 aliphatic carbocycles. The quantitative estimate of drug-likeness (QED) is 0.574. The molecule has 2 unspecified atom stereocenters. The highest BCUT2D eigenvalue weighted by Gasteiger charge is 2.39. The Balaban J connectivity index is 1.50. The van der Waals surface area contributed by atoms with Crippen LogP contribution in [0.2, 0.25) is 0 Å². The van der Waals surface area contributed by atoms with Crippen LogP contribution in [0, 0.1) is 0 Å². The standard InChI is InChI=1S/C20H23F2N5O3/c21-20(22,15-8-4-3-5-9-15)17(28)12-11-16-14-30-19(29)27(16)13-7-2-1-6-10-18-23-25-26-24-18/h1-5,8-9,11-12,16-17,28H,6-7,10,13-14H2,(H,23,24,25,26). The summed E-state index contributed by atoms with van der Waals surface area (Å²) in [6, 6.07) is 6.61. The predicted octanol–water partition coefficient (Wildman–Crippen LogP) is 2.61. The van der Waals surface area contributed by atoms with Crippen molar-refractivity contribution in [2.75, 3.05) is 13.2 Å². The molecule has 1 saturated heterocycles. The third-order valence-electron chi connectivity index (χ3n) is 4.69. The Morgan fingerprint density at radius 1 is 1.30 bits per heavy atom. The van der Waals surface area contributed by atoms with Crippen LogP contribution in [0.15, 0.2) is 54.6 Å². The molecule has 0 bridgehead atoms. The predicted molar refractivity (Wildman–Crippen MR) is 104 cm³/mol. The number of halogens is 2. The summed E-state index contributed by atoms with van der Waals surface area (Å²) in [7, 11) is 0. The van der Waals surface area contributed by atoms with Crippen LogP contribution < -0.4 is 0 Å². The number of ether oxygens (including phenoxy) is 1. The number of nitrogens with zero attached hydrogens (tertiary/aromatic N) is 4. The summed E-state index contributed by atoms with van der Waals surface area (Å²) in [5, 5.41) is 23.6. The van der Waals surface area contributed by atoms with Gasteiger partial charge in [0.1, 0.15) is 12.7 Å². The molecule has 1 aliphatic rings. The third kappa shape index (κ3) is 5.47. The van der Waals surface area contributed by atoms with Crippen molar-refractivity contribution in [3.63, 3.8) is 0 Å². The van der Waals surface area contributed by atoms with E-state index < -0.39 is 24.2 Å². The highest BCUT2D eigenvalue weighted by Crippen LogP contribution is 2.32. The molecule has 8 nitrogen and oxygen atoms in total. The minimum atomic E-state index is -3.44. The van der Waals surface area contributed by atoms with Crippen LogP contribution in [0.25, 0.3) is 0 Å². The Bertz CT molecular complexity index is 859. The molecule has 160 valence electrons. The smallest absolute Gasteiger partial charge is 0.410 e. The fourth-order valence-electron chi connectivity index (χ4n) is 3.02. The van der Waals surface area contributed by atoms with Gasteiger partial charge in [0, 0.05) is 18.5 Å². The van der Waals surface area contributed by atoms with Crippen LogP contribution in [-0.2, 0) is 17.1 Å². The summed E-state index contributed by atoms with van der Waals surface area (Å²) in [6.45, 7) is 0.429. The van der Waals surface area contributed by atoms with Gasteiger partial charge in [0.15, 0.2) is 5.82 Å². The van der Waals surface area contributed by atoms with E-state index in [0.29, 0.717) is 25.2 Å². The Morgan fingerprint density at radius 2 is 2.07 bits per heavy atom. The van der Waals surface area contributed by atoms with Gasteiger partial charge in [0.2, 0.25) is 0 Å². The Morgan fingerprint density at radius 3 is 2.80 bits per heavy atom. The number of aromatic nitrogens is 4. The molecule has 2 N–H and O–H groups in total. The van der Waals surface area contributed by atoms with E-state index in [1.54, 1.807) is 6.07 Å². The zero-order valence-corrected chi connectivity index (χ0v) is 16.2. The number of aliphatic hydroxyl groups is 1. The highest BCUT2D eigenvalue weighted by molar-refractivity contribution is 5.70. The van der Waals surface area contributed by atoms with E-state index in [1.807, 2.05) is 12.2 Å². The summed E-state index contributed by atoms with van der Waals surface area (Å²) in [4.78, 5) is 13.4. The molecular formula is C20H23F2N5O3. The number of nitrogens with one attached hydrogen (secondary N) is 1. The lowest BCUT2D eigenvalue weighted by Gasteiger charge is -2.22. The van der Waals surface area contributed by atoms with E-state index in [4.69, 9.17) is 4.74 Å². The summed E-state index contributed by atoms with van der Waals surface area (Å²) in [5.41, 5.74) is -0.274. The minimum absolute atomic E-state index is 0.0561. The second kappa shape index (κ2) is 10.1. The molecule has 2 atom stereocenters. The number of alkyl halides is 2. The number of rotatable bonds is 10. The number of aryl methyl sites for hydroxylation is 1. The number of carbonyl (C=O) groups excluding carboxylic acids is 1. The average molecular weight is 419 g/mol. The number of aromatic amines is 1. The van der Waals surface area contributed by atoms with Gasteiger partial charge in [0.05, 0.1) is 6.04 Å². The topological polar surface area (TPSA) is 104 Å². The zero-order chi connectivity index (χ0) is 21.4. The van der Waals surface area contributed by atoms with Gasteiger partial charge in [-0.25, -0.2) is 4.79 Å². The number of allylic oxidation sites excluding steroid dienone is 1. The molecule has 0 radical (unpaired) electrons. The van der Waals surface area contributed by atoms with Gasteiger partial charge in [-0.05, 0) is 12.8 Å². The summed E-state index contributed by atoms with van der Waals surface area (Å²) < 4.78 is 33.8. The molecule has 1 amide bonds. The first kappa shape index (κ1) is 21.6. The number of hydrogen-bond donors (Lipinski definition) is 2. The molecule has 2 aromatic rings. The Kier molecular flexibility index (Phi) is 7.23. The monoisotopic (exact) mass is 419 g/mol. The number of carbonyl (C=O) groups is 1. The molecule has 1 aliphatic heterocycles. The van der Waals surface area contributed by atoms with Crippen LogP contribution in [0.4, 0.5) is 13.6 Å². The lowest BCUT2D eigenvalue weighted by Crippen LogP contribution is -2.34. The number of amides is 1. The normalized spacial score (nSPS) is 18.4. The van der Waals surface area contributed by atoms with E-state index in [1.165, 1.54) is 35.2 Å². The number of aliphatic hydroxyl groups excluding tert-OH is 1. The van der Waals surface area contributed by atoms with Crippen molar-refractivity contribution < 1.29 is 23.4 Å². The molecule has 3 rings (SSSR count). The van der Waals surface area contributed by atoms with Gasteiger partial charge in [-0.15, -0.1) is 10.2 Å². The Hall–Kier alpha value is -3.14. The maximum Gasteiger partial charge on any atom is 0.410 e. The van der Waals surface area contributed by atoms with Gasteiger partial charge in [-0.1, -0.05) is 59.8 Å². The maximum absolute atomic E-state index is 14.4. The fraction of sp³-hybridized carbons (Fsp3) is 0.400. The van der Waals surface area contributed by atoms with Crippen molar-refractivity contribution >= 4 is 6.09 Å². The summed E-state index contributed by atoms with van der Waals surface area (Å²) >= 11 is 0. The second-order valence-electron chi connectivity index (χ2n) is 6.78. The van der Waals surface area contributed by atoms with Crippen molar-refractivity contribution in [3.05, 3.63) is 66.0 Å². The highest BCUT2D eigenvalue weighted by atomic mass is 19.3. The number of hydrogen-bond acceptors (Lipinski definition) is 6. The first-order valence-corrected chi connectivity index (χ1v) is 9.59.